The monoisotopic (exact) mass is 405 g/mol. The molecule has 2 N–H and O–H groups in total. The quantitative estimate of drug-likeness (QED) is 0.511. The molecule has 0 spiro atoms. The molecule has 0 atom stereocenters. The zero-order valence-electron chi connectivity index (χ0n) is 15.1. The normalized spacial score (nSPS) is 11.0. The van der Waals surface area contributed by atoms with Gasteiger partial charge in [-0.1, -0.05) is 35.8 Å². The molecule has 0 aliphatic carbocycles. The largest absolute Gasteiger partial charge is 0.478 e. The van der Waals surface area contributed by atoms with Crippen LogP contribution in [0.15, 0.2) is 47.8 Å². The zero-order valence-corrected chi connectivity index (χ0v) is 16.0. The number of nitrogens with zero attached hydrogens (tertiary/aromatic N) is 2. The van der Waals surface area contributed by atoms with Gasteiger partial charge in [0.25, 0.3) is 5.91 Å². The lowest BCUT2D eigenvalue weighted by Gasteiger charge is -2.05. The van der Waals surface area contributed by atoms with Crippen LogP contribution in [0.3, 0.4) is 0 Å². The summed E-state index contributed by atoms with van der Waals surface area (Å²) in [7, 11) is 5.68. The van der Waals surface area contributed by atoms with Crippen molar-refractivity contribution in [3.05, 3.63) is 70.7 Å². The van der Waals surface area contributed by atoms with Gasteiger partial charge in [-0.05, 0) is 24.6 Å². The Kier molecular flexibility index (Phi) is 4.67. The molecule has 0 aliphatic rings. The van der Waals surface area contributed by atoms with Gasteiger partial charge >= 0.3 is 5.97 Å². The summed E-state index contributed by atoms with van der Waals surface area (Å²) in [6, 6.07) is 11.7. The smallest absolute Gasteiger partial charge is 0.339 e. The van der Waals surface area contributed by atoms with Crippen molar-refractivity contribution >= 4 is 47.2 Å². The second kappa shape index (κ2) is 7.18. The van der Waals surface area contributed by atoms with Crippen LogP contribution >= 0.6 is 11.3 Å². The molecule has 29 heavy (non-hydrogen) atoms. The molecule has 3 heterocycles. The van der Waals surface area contributed by atoms with Crippen LogP contribution in [0.25, 0.3) is 16.8 Å². The number of carboxylic acids is 1. The summed E-state index contributed by atoms with van der Waals surface area (Å²) in [4.78, 5) is 28.5. The summed E-state index contributed by atoms with van der Waals surface area (Å²) < 4.78 is 15.9. The second-order valence-corrected chi connectivity index (χ2v) is 7.23. The maximum atomic E-state index is 14.7. The molecule has 0 saturated heterocycles. The third kappa shape index (κ3) is 3.29. The van der Waals surface area contributed by atoms with Gasteiger partial charge in [0, 0.05) is 16.6 Å². The summed E-state index contributed by atoms with van der Waals surface area (Å²) in [5.74, 6) is -2.83. The Morgan fingerprint density at radius 3 is 2.59 bits per heavy atom. The van der Waals surface area contributed by atoms with E-state index in [1.165, 1.54) is 4.40 Å². The molecule has 4 aromatic rings. The number of hydrogen-bond donors (Lipinski definition) is 2. The number of aromatic carboxylic acids is 1. The van der Waals surface area contributed by atoms with Gasteiger partial charge in [0.15, 0.2) is 5.69 Å². The number of nitrogens with one attached hydrogen (secondary N) is 1. The number of thiophene rings is 1. The molecule has 1 amide bonds. The van der Waals surface area contributed by atoms with Crippen LogP contribution in [0.5, 0.6) is 0 Å². The van der Waals surface area contributed by atoms with Crippen molar-refractivity contribution in [1.82, 2.24) is 9.38 Å². The molecule has 3 aromatic heterocycles. The van der Waals surface area contributed by atoms with E-state index >= 15 is 0 Å². The van der Waals surface area contributed by atoms with Crippen molar-refractivity contribution in [3.8, 4) is 11.1 Å². The van der Waals surface area contributed by atoms with E-state index in [4.69, 9.17) is 7.85 Å². The number of amides is 1. The number of imidazole rings is 1. The Morgan fingerprint density at radius 1 is 1.21 bits per heavy atom. The first-order chi connectivity index (χ1) is 13.9. The lowest BCUT2D eigenvalue weighted by molar-refractivity contribution is 0.0699. The molecule has 9 heteroatoms. The summed E-state index contributed by atoms with van der Waals surface area (Å²) in [6.45, 7) is 1.69. The van der Waals surface area contributed by atoms with Crippen molar-refractivity contribution in [1.29, 1.82) is 0 Å². The Labute approximate surface area is 170 Å². The van der Waals surface area contributed by atoms with E-state index in [1.807, 2.05) is 0 Å². The Bertz CT molecular complexity index is 1260. The molecular formula is C20H13BFN3O3S. The van der Waals surface area contributed by atoms with Crippen LogP contribution in [0.1, 0.15) is 26.5 Å². The number of fused-ring (bicyclic) bond motifs is 1. The third-order valence-corrected chi connectivity index (χ3v) is 5.35. The first kappa shape index (κ1) is 18.9. The number of hydrogen-bond acceptors (Lipinski definition) is 4. The Morgan fingerprint density at radius 2 is 1.93 bits per heavy atom. The van der Waals surface area contributed by atoms with Crippen LogP contribution in [-0.4, -0.2) is 34.2 Å². The van der Waals surface area contributed by atoms with E-state index in [0.717, 1.165) is 11.3 Å². The lowest BCUT2D eigenvalue weighted by Crippen LogP contribution is -2.15. The molecule has 0 aliphatic heterocycles. The minimum absolute atomic E-state index is 0.0755. The maximum absolute atomic E-state index is 14.7. The molecule has 142 valence electrons. The van der Waals surface area contributed by atoms with Crippen LogP contribution in [0.2, 0.25) is 0 Å². The number of aromatic nitrogens is 2. The van der Waals surface area contributed by atoms with E-state index in [2.05, 4.69) is 10.3 Å². The van der Waals surface area contributed by atoms with Gasteiger partial charge in [-0.3, -0.25) is 9.20 Å². The number of benzene rings is 1. The van der Waals surface area contributed by atoms with E-state index in [0.29, 0.717) is 27.9 Å². The minimum atomic E-state index is -1.21. The fraction of sp³-hybridized carbons (Fsp3) is 0.0500. The van der Waals surface area contributed by atoms with E-state index in [9.17, 15) is 19.1 Å². The fourth-order valence-corrected chi connectivity index (χ4v) is 4.01. The van der Waals surface area contributed by atoms with Crippen molar-refractivity contribution in [2.24, 2.45) is 0 Å². The summed E-state index contributed by atoms with van der Waals surface area (Å²) in [6.07, 6.45) is 0. The Hall–Kier alpha value is -3.46. The van der Waals surface area contributed by atoms with Gasteiger partial charge < -0.3 is 10.4 Å². The summed E-state index contributed by atoms with van der Waals surface area (Å²) in [5.41, 5.74) is 2.02. The van der Waals surface area contributed by atoms with Crippen molar-refractivity contribution in [3.63, 3.8) is 0 Å². The predicted molar refractivity (Wildman–Crippen MR) is 110 cm³/mol. The number of aryl methyl sites for hydroxylation is 1. The van der Waals surface area contributed by atoms with Gasteiger partial charge in [0.2, 0.25) is 5.95 Å². The number of carbonyl (C=O) groups excluding carboxylic acids is 1. The number of halogens is 1. The number of anilines is 1. The van der Waals surface area contributed by atoms with Gasteiger partial charge in [-0.2, -0.15) is 4.39 Å². The first-order valence-corrected chi connectivity index (χ1v) is 9.40. The Balaban J connectivity index is 1.72. The highest BCUT2D eigenvalue weighted by Gasteiger charge is 2.25. The molecule has 0 unspecified atom stereocenters. The third-order valence-electron chi connectivity index (χ3n) is 4.45. The molecule has 0 bridgehead atoms. The molecule has 2 radical (unpaired) electrons. The molecule has 1 aromatic carbocycles. The first-order valence-electron chi connectivity index (χ1n) is 8.52. The predicted octanol–water partition coefficient (Wildman–Crippen LogP) is 3.25. The highest BCUT2D eigenvalue weighted by Crippen LogP contribution is 2.35. The average molecular weight is 405 g/mol. The summed E-state index contributed by atoms with van der Waals surface area (Å²) >= 11 is 1.04. The van der Waals surface area contributed by atoms with Crippen molar-refractivity contribution in [2.75, 3.05) is 5.32 Å². The molecule has 0 saturated carbocycles. The minimum Gasteiger partial charge on any atom is -0.478 e. The van der Waals surface area contributed by atoms with Gasteiger partial charge in [-0.15, -0.1) is 11.3 Å². The molecule has 6 nitrogen and oxygen atoms in total. The van der Waals surface area contributed by atoms with Gasteiger partial charge in [0.1, 0.15) is 24.1 Å². The van der Waals surface area contributed by atoms with Crippen molar-refractivity contribution in [2.45, 2.75) is 6.92 Å². The number of rotatable bonds is 4. The number of carbonyl (C=O) groups is 2. The standard InChI is InChI=1S/C20H13BFN3O3S/c1-10-3-2-4-14-23-16(17(22)25(10)14)18(26)24-19-15(20(27)28)13(9-29-19)11-5-7-12(21)8-6-11/h2-9H,1H3,(H,24,26)(H,27,28). The zero-order chi connectivity index (χ0) is 20.7. The van der Waals surface area contributed by atoms with E-state index in [1.54, 1.807) is 54.8 Å². The van der Waals surface area contributed by atoms with Crippen molar-refractivity contribution < 1.29 is 19.1 Å². The SMILES string of the molecule is [B]c1ccc(-c2csc(NC(=O)c3nc4cccc(C)n4c3F)c2C(=O)O)cc1. The number of pyridine rings is 1. The maximum Gasteiger partial charge on any atom is 0.339 e. The van der Waals surface area contributed by atoms with E-state index < -0.39 is 23.5 Å². The van der Waals surface area contributed by atoms with Gasteiger partial charge in [-0.25, -0.2) is 9.78 Å². The van der Waals surface area contributed by atoms with Crippen LogP contribution in [0, 0.1) is 12.9 Å². The van der Waals surface area contributed by atoms with E-state index in [-0.39, 0.29) is 10.6 Å². The molecule has 4 rings (SSSR count). The fourth-order valence-electron chi connectivity index (χ4n) is 3.06. The second-order valence-electron chi connectivity index (χ2n) is 6.35. The van der Waals surface area contributed by atoms with Gasteiger partial charge in [0.05, 0.1) is 0 Å². The highest BCUT2D eigenvalue weighted by atomic mass is 32.1. The molecule has 0 fully saturated rings. The number of carboxylic acid groups (broad SMARTS) is 1. The van der Waals surface area contributed by atoms with Crippen LogP contribution in [-0.2, 0) is 0 Å². The van der Waals surface area contributed by atoms with Crippen LogP contribution < -0.4 is 10.8 Å². The molecular weight excluding hydrogens is 392 g/mol. The van der Waals surface area contributed by atoms with Crippen LogP contribution in [0.4, 0.5) is 9.39 Å². The summed E-state index contributed by atoms with van der Waals surface area (Å²) in [5, 5.41) is 13.9. The highest BCUT2D eigenvalue weighted by molar-refractivity contribution is 7.15. The topological polar surface area (TPSA) is 83.7 Å². The lowest BCUT2D eigenvalue weighted by atomic mass is 9.93. The average Bonchev–Trinajstić information content (AvgIpc) is 3.24.